The van der Waals surface area contributed by atoms with E-state index in [1.165, 1.54) is 0 Å². The van der Waals surface area contributed by atoms with Gasteiger partial charge in [0.05, 0.1) is 29.2 Å². The largest absolute Gasteiger partial charge is 0.491 e. The van der Waals surface area contributed by atoms with Gasteiger partial charge in [0, 0.05) is 43.7 Å². The van der Waals surface area contributed by atoms with Gasteiger partial charge in [-0.05, 0) is 37.7 Å². The lowest BCUT2D eigenvalue weighted by molar-refractivity contribution is 0.108. The van der Waals surface area contributed by atoms with Gasteiger partial charge in [-0.25, -0.2) is 9.97 Å². The second-order valence-electron chi connectivity index (χ2n) is 8.65. The number of anilines is 1. The molecule has 0 saturated heterocycles. The summed E-state index contributed by atoms with van der Waals surface area (Å²) in [7, 11) is 3.48. The summed E-state index contributed by atoms with van der Waals surface area (Å²) in [6, 6.07) is 13.4. The highest BCUT2D eigenvalue weighted by Gasteiger charge is 2.26. The van der Waals surface area contributed by atoms with Crippen molar-refractivity contribution in [2.75, 3.05) is 32.1 Å². The first-order chi connectivity index (χ1) is 18.0. The Morgan fingerprint density at radius 1 is 1.27 bits per heavy atom. The minimum absolute atomic E-state index is 0.145. The minimum Gasteiger partial charge on any atom is -0.491 e. The number of nitriles is 1. The molecule has 3 aromatic rings. The number of allylic oxidation sites excluding steroid dienone is 1. The molecule has 0 aliphatic carbocycles. The number of benzene rings is 1. The van der Waals surface area contributed by atoms with Crippen molar-refractivity contribution in [3.8, 4) is 23.2 Å². The normalized spacial score (nSPS) is 13.9. The molecule has 0 amide bonds. The molecule has 3 heterocycles. The Labute approximate surface area is 216 Å². The van der Waals surface area contributed by atoms with Gasteiger partial charge in [-0.3, -0.25) is 4.98 Å². The Kier molecular flexibility index (Phi) is 8.08. The number of likely N-dealkylation sites (N-methyl/N-ethyl adjacent to an activating group) is 1. The third kappa shape index (κ3) is 5.58. The second kappa shape index (κ2) is 11.6. The Morgan fingerprint density at radius 2 is 2.11 bits per heavy atom. The fourth-order valence-corrected chi connectivity index (χ4v) is 4.29. The van der Waals surface area contributed by atoms with Crippen molar-refractivity contribution in [1.29, 1.82) is 10.7 Å². The van der Waals surface area contributed by atoms with Crippen LogP contribution < -0.4 is 20.3 Å². The second-order valence-corrected chi connectivity index (χ2v) is 8.65. The van der Waals surface area contributed by atoms with Crippen LogP contribution in [-0.2, 0) is 13.1 Å². The highest BCUT2D eigenvalue weighted by molar-refractivity contribution is 5.93. The average molecular weight is 499 g/mol. The molecule has 37 heavy (non-hydrogen) atoms. The van der Waals surface area contributed by atoms with Gasteiger partial charge in [-0.2, -0.15) is 5.26 Å². The first-order valence-corrected chi connectivity index (χ1v) is 11.9. The summed E-state index contributed by atoms with van der Waals surface area (Å²) >= 11 is 0. The van der Waals surface area contributed by atoms with Gasteiger partial charge in [-0.1, -0.05) is 18.2 Å². The number of ether oxygens (including phenoxy) is 1. The maximum atomic E-state index is 10.0. The molecule has 0 fully saturated rings. The van der Waals surface area contributed by atoms with E-state index in [4.69, 9.17) is 20.1 Å². The van der Waals surface area contributed by atoms with E-state index in [1.54, 1.807) is 20.3 Å². The van der Waals surface area contributed by atoms with Crippen molar-refractivity contribution < 1.29 is 9.84 Å². The highest BCUT2D eigenvalue weighted by atomic mass is 16.5. The third-order valence-corrected chi connectivity index (χ3v) is 6.10. The molecule has 10 heteroatoms. The van der Waals surface area contributed by atoms with E-state index in [0.29, 0.717) is 42.6 Å². The molecule has 4 rings (SSSR count). The topological polar surface area (TPSA) is 143 Å². The summed E-state index contributed by atoms with van der Waals surface area (Å²) in [6.07, 6.45) is 2.17. The maximum absolute atomic E-state index is 10.0. The first kappa shape index (κ1) is 25.8. The Bertz CT molecular complexity index is 1340. The molecule has 4 N–H and O–H groups in total. The van der Waals surface area contributed by atoms with E-state index >= 15 is 0 Å². The fourth-order valence-electron chi connectivity index (χ4n) is 4.29. The van der Waals surface area contributed by atoms with E-state index in [0.717, 1.165) is 34.4 Å². The third-order valence-electron chi connectivity index (χ3n) is 6.10. The van der Waals surface area contributed by atoms with Crippen LogP contribution in [0.3, 0.4) is 0 Å². The number of hydrogen-bond acceptors (Lipinski definition) is 10. The van der Waals surface area contributed by atoms with Gasteiger partial charge in [0.15, 0.2) is 5.82 Å². The lowest BCUT2D eigenvalue weighted by Gasteiger charge is -2.22. The summed E-state index contributed by atoms with van der Waals surface area (Å²) in [4.78, 5) is 16.4. The predicted octanol–water partition coefficient (Wildman–Crippen LogP) is 2.43. The fraction of sp³-hybridized carbons (Fsp3) is 0.296. The standard InChI is InChI=1S/C27H30N8O2/c1-17-24(25(31-3)20(11-28)12-29)33-26(18-6-4-8-22(10-18)37-16-21(36)13-30-2)34-27(17)35-14-19-7-5-9-32-23(19)15-35/h4-11,21,28,30-31,36H,13-16H2,1-3H3/b25-20+,28-11?/t21-/m1/s1. The number of rotatable bonds is 10. The van der Waals surface area contributed by atoms with Crippen LogP contribution in [0.25, 0.3) is 17.1 Å². The summed E-state index contributed by atoms with van der Waals surface area (Å²) in [6.45, 7) is 3.75. The number of pyridine rings is 1. The maximum Gasteiger partial charge on any atom is 0.162 e. The van der Waals surface area contributed by atoms with Crippen LogP contribution in [0.15, 0.2) is 48.2 Å². The zero-order valence-electron chi connectivity index (χ0n) is 21.1. The van der Waals surface area contributed by atoms with Crippen LogP contribution in [0.1, 0.15) is 22.5 Å². The number of aromatic nitrogens is 3. The van der Waals surface area contributed by atoms with Crippen LogP contribution in [0.4, 0.5) is 5.82 Å². The van der Waals surface area contributed by atoms with Gasteiger partial charge in [-0.15, -0.1) is 0 Å². The van der Waals surface area contributed by atoms with Gasteiger partial charge >= 0.3 is 0 Å². The van der Waals surface area contributed by atoms with Crippen LogP contribution in [0, 0.1) is 23.7 Å². The number of aliphatic hydroxyl groups is 1. The number of hydrogen-bond donors (Lipinski definition) is 4. The molecule has 0 bridgehead atoms. The van der Waals surface area contributed by atoms with E-state index in [2.05, 4.69) is 32.7 Å². The Morgan fingerprint density at radius 3 is 2.81 bits per heavy atom. The molecular weight excluding hydrogens is 468 g/mol. The number of fused-ring (bicyclic) bond motifs is 1. The molecule has 10 nitrogen and oxygen atoms in total. The van der Waals surface area contributed by atoms with Crippen molar-refractivity contribution in [2.24, 2.45) is 0 Å². The van der Waals surface area contributed by atoms with Crippen molar-refractivity contribution in [2.45, 2.75) is 26.1 Å². The smallest absolute Gasteiger partial charge is 0.162 e. The van der Waals surface area contributed by atoms with Gasteiger partial charge in [0.2, 0.25) is 0 Å². The van der Waals surface area contributed by atoms with E-state index in [1.807, 2.05) is 37.3 Å². The van der Waals surface area contributed by atoms with E-state index < -0.39 is 6.10 Å². The van der Waals surface area contributed by atoms with Crippen molar-refractivity contribution >= 4 is 17.7 Å². The SMILES string of the molecule is CNC[C@@H](O)COc1cccc(-c2nc(/C(NC)=C(\C#N)C=N)c(C)c(N3Cc4cccnc4C3)n2)c1. The molecule has 0 radical (unpaired) electrons. The molecule has 1 aromatic carbocycles. The Hall–Kier alpha value is -4.33. The predicted molar refractivity (Wildman–Crippen MR) is 142 cm³/mol. The van der Waals surface area contributed by atoms with E-state index in [9.17, 15) is 10.4 Å². The van der Waals surface area contributed by atoms with Crippen LogP contribution in [-0.4, -0.2) is 59.6 Å². The lowest BCUT2D eigenvalue weighted by Crippen LogP contribution is -2.29. The highest BCUT2D eigenvalue weighted by Crippen LogP contribution is 2.33. The van der Waals surface area contributed by atoms with Gasteiger partial charge in [0.1, 0.15) is 30.3 Å². The van der Waals surface area contributed by atoms with Gasteiger partial charge in [0.25, 0.3) is 0 Å². The van der Waals surface area contributed by atoms with Crippen molar-refractivity contribution in [3.05, 3.63) is 70.7 Å². The van der Waals surface area contributed by atoms with Crippen LogP contribution in [0.5, 0.6) is 5.75 Å². The van der Waals surface area contributed by atoms with Gasteiger partial charge < -0.3 is 30.8 Å². The molecular formula is C27H30N8O2. The van der Waals surface area contributed by atoms with Crippen molar-refractivity contribution in [3.63, 3.8) is 0 Å². The molecule has 1 atom stereocenters. The quantitative estimate of drug-likeness (QED) is 0.245. The summed E-state index contributed by atoms with van der Waals surface area (Å²) in [5.74, 6) is 1.76. The van der Waals surface area contributed by atoms with E-state index in [-0.39, 0.29) is 12.2 Å². The zero-order chi connectivity index (χ0) is 26.4. The average Bonchev–Trinajstić information content (AvgIpc) is 3.35. The van der Waals surface area contributed by atoms with Crippen LogP contribution >= 0.6 is 0 Å². The summed E-state index contributed by atoms with van der Waals surface area (Å²) in [5, 5.41) is 33.3. The number of nitrogens with zero attached hydrogens (tertiary/aromatic N) is 5. The first-order valence-electron chi connectivity index (χ1n) is 11.9. The molecule has 0 unspecified atom stereocenters. The molecule has 0 spiro atoms. The Balaban J connectivity index is 1.80. The zero-order valence-corrected chi connectivity index (χ0v) is 21.1. The molecule has 0 saturated carbocycles. The molecule has 2 aromatic heterocycles. The molecule has 190 valence electrons. The molecule has 1 aliphatic rings. The summed E-state index contributed by atoms with van der Waals surface area (Å²) < 4.78 is 5.79. The van der Waals surface area contributed by atoms with Crippen molar-refractivity contribution in [1.82, 2.24) is 25.6 Å². The number of aliphatic hydroxyl groups excluding tert-OH is 1. The number of nitrogens with one attached hydrogen (secondary N) is 3. The molecule has 1 aliphatic heterocycles. The van der Waals surface area contributed by atoms with Crippen LogP contribution in [0.2, 0.25) is 0 Å². The summed E-state index contributed by atoms with van der Waals surface area (Å²) in [5.41, 5.74) is 4.82. The monoisotopic (exact) mass is 498 g/mol. The minimum atomic E-state index is -0.637. The lowest BCUT2D eigenvalue weighted by atomic mass is 10.1.